The van der Waals surface area contributed by atoms with Crippen LogP contribution in [-0.4, -0.2) is 145 Å². The average Bonchev–Trinajstić information content (AvgIpc) is 2.73. The van der Waals surface area contributed by atoms with Crippen molar-refractivity contribution >= 4 is 33.4 Å². The molecule has 8 N–H and O–H groups in total. The molecule has 2 aliphatic rings. The van der Waals surface area contributed by atoms with Crippen LogP contribution in [0, 0.1) is 0 Å². The molecule has 10 atom stereocenters. The maximum atomic E-state index is 12.3. The van der Waals surface area contributed by atoms with Crippen molar-refractivity contribution in [2.75, 3.05) is 36.2 Å². The highest BCUT2D eigenvalue weighted by atomic mass is 32.2. The van der Waals surface area contributed by atoms with Crippen LogP contribution in [0.4, 0.5) is 0 Å². The van der Waals surface area contributed by atoms with Crippen molar-refractivity contribution in [1.82, 2.24) is 0 Å². The monoisotopic (exact) mass is 510 g/mol. The molecule has 184 valence electrons. The topological polar surface area (TPSA) is 214 Å². The molecule has 2 heterocycles. The van der Waals surface area contributed by atoms with Gasteiger partial charge in [0, 0.05) is 11.5 Å². The van der Waals surface area contributed by atoms with Crippen LogP contribution in [0.25, 0.3) is 0 Å². The van der Waals surface area contributed by atoms with Gasteiger partial charge in [-0.05, 0) is 0 Å². The summed E-state index contributed by atoms with van der Waals surface area (Å²) >= 11 is 1.86. The highest BCUT2D eigenvalue weighted by Crippen LogP contribution is 2.30. The van der Waals surface area contributed by atoms with Gasteiger partial charge in [-0.2, -0.15) is 0 Å². The highest BCUT2D eigenvalue weighted by molar-refractivity contribution is 8.02. The average molecular weight is 511 g/mol. The van der Waals surface area contributed by atoms with Crippen LogP contribution >= 0.6 is 23.5 Å². The summed E-state index contributed by atoms with van der Waals surface area (Å²) in [5.74, 6) is -0.505. The van der Waals surface area contributed by atoms with Crippen molar-refractivity contribution in [3.05, 3.63) is 0 Å². The van der Waals surface area contributed by atoms with Gasteiger partial charge in [-0.3, -0.25) is 0 Å². The van der Waals surface area contributed by atoms with Crippen LogP contribution in [0.15, 0.2) is 0 Å². The Balaban J connectivity index is 1.77. The Labute approximate surface area is 188 Å². The third kappa shape index (κ3) is 7.11. The summed E-state index contributed by atoms with van der Waals surface area (Å²) in [7, 11) is -3.54. The van der Waals surface area contributed by atoms with Gasteiger partial charge in [0.25, 0.3) is 0 Å². The SMILES string of the molecule is O=S(=O)(CCS[C@@H]1O[C@H](CO)[C@H](O)[C@H](O)[C@H]1O)CCS[C@@H]1O[C@H](CO)[C@H](O)[C@H](O)[C@H]1O. The largest absolute Gasteiger partial charge is 0.394 e. The van der Waals surface area contributed by atoms with E-state index in [4.69, 9.17) is 19.7 Å². The fourth-order valence-corrected chi connectivity index (χ4v) is 7.72. The standard InChI is InChI=1S/C16H30O12S3/c17-5-7-9(19)11(21)13(23)15(27-7)29-1-3-31(25,26)4-2-30-16-14(24)12(22)10(20)8(6-18)28-16/h7-24H,1-6H2/t7-,8-,9+,10+,11+,12+,13-,14-,15+,16+/m1/s1. The Hall–Kier alpha value is 0.250. The normalized spacial score (nSPS) is 41.9. The molecule has 0 aromatic carbocycles. The minimum absolute atomic E-state index is 0.0235. The number of aliphatic hydroxyl groups excluding tert-OH is 8. The van der Waals surface area contributed by atoms with Crippen molar-refractivity contribution in [2.24, 2.45) is 0 Å². The van der Waals surface area contributed by atoms with Crippen molar-refractivity contribution in [2.45, 2.75) is 59.7 Å². The van der Waals surface area contributed by atoms with E-state index in [1.54, 1.807) is 0 Å². The lowest BCUT2D eigenvalue weighted by Gasteiger charge is -2.39. The second kappa shape index (κ2) is 12.1. The van der Waals surface area contributed by atoms with Crippen molar-refractivity contribution in [3.63, 3.8) is 0 Å². The van der Waals surface area contributed by atoms with Crippen molar-refractivity contribution in [3.8, 4) is 0 Å². The summed E-state index contributed by atoms with van der Waals surface area (Å²) < 4.78 is 35.1. The molecule has 2 saturated heterocycles. The minimum atomic E-state index is -3.54. The lowest BCUT2D eigenvalue weighted by Crippen LogP contribution is -2.57. The van der Waals surface area contributed by atoms with Gasteiger partial charge in [-0.25, -0.2) is 8.42 Å². The molecule has 0 amide bonds. The molecule has 0 aromatic rings. The van der Waals surface area contributed by atoms with E-state index in [0.29, 0.717) is 0 Å². The molecule has 2 fully saturated rings. The van der Waals surface area contributed by atoms with Crippen LogP contribution in [0.1, 0.15) is 0 Å². The maximum Gasteiger partial charge on any atom is 0.151 e. The molecule has 2 aliphatic heterocycles. The minimum Gasteiger partial charge on any atom is -0.394 e. The van der Waals surface area contributed by atoms with Crippen LogP contribution in [0.5, 0.6) is 0 Å². The zero-order chi connectivity index (χ0) is 23.3. The number of hydrogen-bond donors (Lipinski definition) is 8. The Kier molecular flexibility index (Phi) is 10.7. The van der Waals surface area contributed by atoms with E-state index in [0.717, 1.165) is 23.5 Å². The number of aliphatic hydroxyl groups is 8. The lowest BCUT2D eigenvalue weighted by molar-refractivity contribution is -0.205. The third-order valence-corrected chi connectivity index (χ3v) is 9.54. The van der Waals surface area contributed by atoms with E-state index in [-0.39, 0.29) is 23.0 Å². The third-order valence-electron chi connectivity index (χ3n) is 5.05. The van der Waals surface area contributed by atoms with Gasteiger partial charge in [-0.15, -0.1) is 23.5 Å². The molecule has 0 saturated carbocycles. The zero-order valence-electron chi connectivity index (χ0n) is 16.5. The van der Waals surface area contributed by atoms with Crippen molar-refractivity contribution < 1.29 is 58.7 Å². The number of thioether (sulfide) groups is 2. The van der Waals surface area contributed by atoms with Crippen molar-refractivity contribution in [1.29, 1.82) is 0 Å². The smallest absolute Gasteiger partial charge is 0.151 e. The van der Waals surface area contributed by atoms with E-state index < -0.39 is 82.8 Å². The summed E-state index contributed by atoms with van der Waals surface area (Å²) in [6.07, 6.45) is -11.1. The first kappa shape index (κ1) is 27.5. The molecule has 15 heteroatoms. The first-order valence-electron chi connectivity index (χ1n) is 9.57. The van der Waals surface area contributed by atoms with Crippen LogP contribution in [0.3, 0.4) is 0 Å². The van der Waals surface area contributed by atoms with Gasteiger partial charge in [0.1, 0.15) is 59.7 Å². The van der Waals surface area contributed by atoms with E-state index in [1.807, 2.05) is 0 Å². The predicted molar refractivity (Wildman–Crippen MR) is 111 cm³/mol. The summed E-state index contributed by atoms with van der Waals surface area (Å²) in [6, 6.07) is 0. The second-order valence-electron chi connectivity index (χ2n) is 7.29. The highest BCUT2D eigenvalue weighted by Gasteiger charge is 2.44. The Morgan fingerprint density at radius 2 is 0.968 bits per heavy atom. The molecular weight excluding hydrogens is 480 g/mol. The number of rotatable bonds is 10. The fraction of sp³-hybridized carbons (Fsp3) is 1.00. The summed E-state index contributed by atoms with van der Waals surface area (Å²) in [5.41, 5.74) is -2.04. The molecule has 0 aromatic heterocycles. The Bertz CT molecular complexity index is 600. The van der Waals surface area contributed by atoms with Crippen LogP contribution in [-0.2, 0) is 19.3 Å². The van der Waals surface area contributed by atoms with Gasteiger partial charge in [0.05, 0.1) is 24.7 Å². The van der Waals surface area contributed by atoms with Crippen LogP contribution in [0.2, 0.25) is 0 Å². The zero-order valence-corrected chi connectivity index (χ0v) is 18.9. The van der Waals surface area contributed by atoms with E-state index in [2.05, 4.69) is 0 Å². The number of sulfone groups is 1. The predicted octanol–water partition coefficient (Wildman–Crippen LogP) is -4.53. The van der Waals surface area contributed by atoms with Crippen LogP contribution < -0.4 is 0 Å². The molecule has 0 aliphatic carbocycles. The van der Waals surface area contributed by atoms with Gasteiger partial charge in [0.15, 0.2) is 9.84 Å². The molecule has 12 nitrogen and oxygen atoms in total. The van der Waals surface area contributed by atoms with Gasteiger partial charge < -0.3 is 50.3 Å². The van der Waals surface area contributed by atoms with E-state index in [9.17, 15) is 39.1 Å². The molecular formula is C16H30O12S3. The lowest BCUT2D eigenvalue weighted by atomic mass is 10.0. The van der Waals surface area contributed by atoms with Gasteiger partial charge in [0.2, 0.25) is 0 Å². The molecule has 2 rings (SSSR count). The number of hydrogen-bond acceptors (Lipinski definition) is 14. The number of ether oxygens (including phenoxy) is 2. The molecule has 0 unspecified atom stereocenters. The molecule has 0 radical (unpaired) electrons. The maximum absolute atomic E-state index is 12.3. The molecule has 0 bridgehead atoms. The van der Waals surface area contributed by atoms with E-state index >= 15 is 0 Å². The summed E-state index contributed by atoms with van der Waals surface area (Å²) in [6.45, 7) is -1.15. The first-order chi connectivity index (χ1) is 14.5. The second-order valence-corrected chi connectivity index (χ2v) is 12.0. The molecule has 0 spiro atoms. The summed E-state index contributed by atoms with van der Waals surface area (Å²) in [4.78, 5) is 0. The van der Waals surface area contributed by atoms with E-state index in [1.165, 1.54) is 0 Å². The van der Waals surface area contributed by atoms with Gasteiger partial charge in [-0.1, -0.05) is 0 Å². The Morgan fingerprint density at radius 1 is 0.613 bits per heavy atom. The Morgan fingerprint density at radius 3 is 1.29 bits per heavy atom. The fourth-order valence-electron chi connectivity index (χ4n) is 3.09. The quantitative estimate of drug-likeness (QED) is 0.139. The first-order valence-corrected chi connectivity index (χ1v) is 13.5. The summed E-state index contributed by atoms with van der Waals surface area (Å²) in [5, 5.41) is 77.2. The molecule has 31 heavy (non-hydrogen) atoms. The van der Waals surface area contributed by atoms with Gasteiger partial charge >= 0.3 is 0 Å².